The van der Waals surface area contributed by atoms with E-state index in [2.05, 4.69) is 50.4 Å². The number of aryl methyl sites for hydroxylation is 1. The van der Waals surface area contributed by atoms with E-state index in [4.69, 9.17) is 10.7 Å². The largest absolute Gasteiger partial charge is 0.324 e. The van der Waals surface area contributed by atoms with Gasteiger partial charge in [0.25, 0.3) is 0 Å². The first-order chi connectivity index (χ1) is 11.8. The first-order valence-electron chi connectivity index (χ1n) is 8.39. The highest BCUT2D eigenvalue weighted by Gasteiger charge is 2.15. The van der Waals surface area contributed by atoms with Crippen LogP contribution in [0.4, 0.5) is 5.69 Å². The molecule has 0 radical (unpaired) electrons. The van der Waals surface area contributed by atoms with Crippen LogP contribution in [-0.2, 0) is 10.2 Å². The molecule has 0 saturated heterocycles. The minimum Gasteiger partial charge on any atom is -0.324 e. The summed E-state index contributed by atoms with van der Waals surface area (Å²) in [5, 5.41) is 2.77. The topological polar surface area (TPSA) is 72.4 Å². The first kappa shape index (κ1) is 17.2. The van der Waals surface area contributed by atoms with Crippen molar-refractivity contribution in [3.63, 3.8) is 0 Å². The fraction of sp³-hybridized carbons (Fsp3) is 0.300. The van der Waals surface area contributed by atoms with E-state index in [0.717, 1.165) is 22.6 Å². The summed E-state index contributed by atoms with van der Waals surface area (Å²) in [5.41, 5.74) is 11.4. The van der Waals surface area contributed by atoms with Crippen molar-refractivity contribution < 1.29 is 4.79 Å². The number of carbonyl (C=O) groups is 1. The third kappa shape index (κ3) is 3.42. The summed E-state index contributed by atoms with van der Waals surface area (Å²) in [4.78, 5) is 16.2. The van der Waals surface area contributed by atoms with Gasteiger partial charge >= 0.3 is 0 Å². The highest BCUT2D eigenvalue weighted by atomic mass is 16.1. The zero-order valence-corrected chi connectivity index (χ0v) is 15.1. The lowest BCUT2D eigenvalue weighted by atomic mass is 9.86. The van der Waals surface area contributed by atoms with E-state index in [1.807, 2.05) is 29.7 Å². The average Bonchev–Trinajstić information content (AvgIpc) is 2.91. The number of hydrogen-bond donors (Lipinski definition) is 2. The number of pyridine rings is 1. The summed E-state index contributed by atoms with van der Waals surface area (Å²) in [6.45, 7) is 8.61. The van der Waals surface area contributed by atoms with Gasteiger partial charge in [0, 0.05) is 17.5 Å². The van der Waals surface area contributed by atoms with Gasteiger partial charge in [-0.05, 0) is 30.0 Å². The molecule has 3 N–H and O–H groups in total. The third-order valence-corrected chi connectivity index (χ3v) is 4.35. The summed E-state index contributed by atoms with van der Waals surface area (Å²) in [6, 6.07) is 12.3. The highest BCUT2D eigenvalue weighted by Crippen LogP contribution is 2.28. The Labute approximate surface area is 147 Å². The Morgan fingerprint density at radius 1 is 1.16 bits per heavy atom. The van der Waals surface area contributed by atoms with Crippen molar-refractivity contribution in [2.24, 2.45) is 5.73 Å². The predicted octanol–water partition coefficient (Wildman–Crippen LogP) is 3.50. The molecule has 0 fully saturated rings. The highest BCUT2D eigenvalue weighted by molar-refractivity contribution is 5.92. The summed E-state index contributed by atoms with van der Waals surface area (Å²) in [6.07, 6.45) is 1.87. The second kappa shape index (κ2) is 6.33. The number of aromatic nitrogens is 2. The monoisotopic (exact) mass is 336 g/mol. The van der Waals surface area contributed by atoms with Crippen molar-refractivity contribution in [3.8, 4) is 11.3 Å². The molecule has 130 valence electrons. The molecule has 0 aliphatic carbocycles. The number of nitrogens with two attached hydrogens (primary N) is 1. The van der Waals surface area contributed by atoms with E-state index >= 15 is 0 Å². The van der Waals surface area contributed by atoms with Gasteiger partial charge in [-0.15, -0.1) is 0 Å². The molecule has 1 aromatic carbocycles. The fourth-order valence-electron chi connectivity index (χ4n) is 2.85. The molecular weight excluding hydrogens is 312 g/mol. The molecule has 2 heterocycles. The van der Waals surface area contributed by atoms with E-state index in [1.54, 1.807) is 0 Å². The minimum absolute atomic E-state index is 0.0354. The van der Waals surface area contributed by atoms with E-state index in [1.165, 1.54) is 5.56 Å². The lowest BCUT2D eigenvalue weighted by molar-refractivity contribution is -0.114. The number of nitrogens with one attached hydrogen (secondary N) is 1. The quantitative estimate of drug-likeness (QED) is 0.769. The number of nitrogens with zero attached hydrogens (tertiary/aromatic N) is 2. The maximum Gasteiger partial charge on any atom is 0.238 e. The van der Waals surface area contributed by atoms with Gasteiger partial charge in [0.1, 0.15) is 5.65 Å². The maximum atomic E-state index is 11.5. The average molecular weight is 336 g/mol. The van der Waals surface area contributed by atoms with Crippen LogP contribution in [0.3, 0.4) is 0 Å². The molecule has 0 aliphatic rings. The van der Waals surface area contributed by atoms with Gasteiger partial charge in [-0.2, -0.15) is 0 Å². The van der Waals surface area contributed by atoms with Crippen LogP contribution < -0.4 is 11.1 Å². The van der Waals surface area contributed by atoms with Crippen molar-refractivity contribution in [2.45, 2.75) is 33.1 Å². The number of benzene rings is 1. The Hall–Kier alpha value is -2.66. The number of imidazole rings is 1. The molecule has 2 aromatic heterocycles. The molecule has 5 heteroatoms. The number of anilines is 1. The number of hydrogen-bond acceptors (Lipinski definition) is 3. The molecule has 1 amide bonds. The van der Waals surface area contributed by atoms with Crippen LogP contribution in [0, 0.1) is 6.92 Å². The van der Waals surface area contributed by atoms with Crippen LogP contribution in [0.15, 0.2) is 42.6 Å². The van der Waals surface area contributed by atoms with Gasteiger partial charge in [0.2, 0.25) is 5.91 Å². The second-order valence-corrected chi connectivity index (χ2v) is 7.27. The second-order valence-electron chi connectivity index (χ2n) is 7.27. The predicted molar refractivity (Wildman–Crippen MR) is 102 cm³/mol. The molecule has 0 unspecified atom stereocenters. The van der Waals surface area contributed by atoms with Crippen LogP contribution >= 0.6 is 0 Å². The number of rotatable bonds is 3. The van der Waals surface area contributed by atoms with Crippen molar-refractivity contribution in [1.82, 2.24) is 9.38 Å². The normalized spacial score (nSPS) is 11.7. The molecule has 0 atom stereocenters. The third-order valence-electron chi connectivity index (χ3n) is 4.35. The Bertz CT molecular complexity index is 917. The van der Waals surface area contributed by atoms with Gasteiger partial charge in [0.05, 0.1) is 17.9 Å². The molecule has 0 spiro atoms. The number of carbonyl (C=O) groups excluding carboxylic acids is 1. The molecule has 0 bridgehead atoms. The summed E-state index contributed by atoms with van der Waals surface area (Å²) in [5.74, 6) is -0.213. The summed E-state index contributed by atoms with van der Waals surface area (Å²) in [7, 11) is 0. The molecule has 3 aromatic rings. The molecule has 0 aliphatic heterocycles. The number of fused-ring (bicyclic) bond motifs is 1. The minimum atomic E-state index is -0.213. The molecule has 5 nitrogen and oxygen atoms in total. The van der Waals surface area contributed by atoms with E-state index in [-0.39, 0.29) is 17.9 Å². The van der Waals surface area contributed by atoms with Crippen molar-refractivity contribution in [2.75, 3.05) is 11.9 Å². The Kier molecular flexibility index (Phi) is 4.35. The zero-order valence-electron chi connectivity index (χ0n) is 15.1. The van der Waals surface area contributed by atoms with E-state index in [9.17, 15) is 4.79 Å². The molecule has 3 rings (SSSR count). The number of amides is 1. The van der Waals surface area contributed by atoms with Crippen LogP contribution in [0.5, 0.6) is 0 Å². The van der Waals surface area contributed by atoms with Gasteiger partial charge in [-0.3, -0.25) is 4.79 Å². The van der Waals surface area contributed by atoms with Gasteiger partial charge < -0.3 is 15.5 Å². The first-order valence-corrected chi connectivity index (χ1v) is 8.39. The molecular formula is C20H24N4O. The Morgan fingerprint density at radius 2 is 1.84 bits per heavy atom. The van der Waals surface area contributed by atoms with Crippen molar-refractivity contribution in [3.05, 3.63) is 53.9 Å². The smallest absolute Gasteiger partial charge is 0.238 e. The molecule has 25 heavy (non-hydrogen) atoms. The summed E-state index contributed by atoms with van der Waals surface area (Å²) < 4.78 is 1.99. The Balaban J connectivity index is 2.00. The van der Waals surface area contributed by atoms with Crippen LogP contribution in [0.1, 0.15) is 32.0 Å². The van der Waals surface area contributed by atoms with Crippen LogP contribution in [0.25, 0.3) is 16.9 Å². The van der Waals surface area contributed by atoms with Gasteiger partial charge in [-0.25, -0.2) is 4.98 Å². The van der Waals surface area contributed by atoms with E-state index in [0.29, 0.717) is 5.69 Å². The van der Waals surface area contributed by atoms with Gasteiger partial charge in [-0.1, -0.05) is 45.0 Å². The van der Waals surface area contributed by atoms with E-state index < -0.39 is 0 Å². The maximum absolute atomic E-state index is 11.5. The standard InChI is InChI=1S/C20H24N4O/c1-13-19(14-5-7-15(8-6-14)20(2,3)4)23-17-10-9-16(12-24(13)17)22-18(25)11-21/h5-10,12H,11,21H2,1-4H3,(H,22,25). The van der Waals surface area contributed by atoms with Crippen molar-refractivity contribution in [1.29, 1.82) is 0 Å². The fourth-order valence-corrected chi connectivity index (χ4v) is 2.85. The molecule has 0 saturated carbocycles. The Morgan fingerprint density at radius 3 is 2.44 bits per heavy atom. The van der Waals surface area contributed by atoms with Crippen molar-refractivity contribution >= 4 is 17.2 Å². The zero-order chi connectivity index (χ0) is 18.2. The van der Waals surface area contributed by atoms with Crippen LogP contribution in [-0.4, -0.2) is 21.8 Å². The lowest BCUT2D eigenvalue weighted by Crippen LogP contribution is -2.21. The lowest BCUT2D eigenvalue weighted by Gasteiger charge is -2.19. The van der Waals surface area contributed by atoms with Gasteiger partial charge in [0.15, 0.2) is 0 Å². The van der Waals surface area contributed by atoms with Crippen LogP contribution in [0.2, 0.25) is 0 Å². The SMILES string of the molecule is Cc1c(-c2ccc(C(C)(C)C)cc2)nc2ccc(NC(=O)CN)cn12. The summed E-state index contributed by atoms with van der Waals surface area (Å²) >= 11 is 0.